The molecule has 0 spiro atoms. The second kappa shape index (κ2) is 4.86. The van der Waals surface area contributed by atoms with Crippen LogP contribution in [0.2, 0.25) is 0 Å². The zero-order valence-electron chi connectivity index (χ0n) is 11.3. The van der Waals surface area contributed by atoms with E-state index in [4.69, 9.17) is 0 Å². The van der Waals surface area contributed by atoms with E-state index in [0.717, 1.165) is 22.2 Å². The third kappa shape index (κ3) is 2.23. The molecule has 2 aromatic rings. The molecule has 3 rings (SSSR count). The summed E-state index contributed by atoms with van der Waals surface area (Å²) in [5, 5.41) is 0.868. The summed E-state index contributed by atoms with van der Waals surface area (Å²) >= 11 is 0. The van der Waals surface area contributed by atoms with Gasteiger partial charge in [0.2, 0.25) is 10.0 Å². The van der Waals surface area contributed by atoms with Gasteiger partial charge in [-0.1, -0.05) is 6.92 Å². The van der Waals surface area contributed by atoms with E-state index in [9.17, 15) is 12.8 Å². The molecule has 1 N–H and O–H groups in total. The predicted octanol–water partition coefficient (Wildman–Crippen LogP) is 2.40. The summed E-state index contributed by atoms with van der Waals surface area (Å²) in [6.45, 7) is 2.69. The lowest BCUT2D eigenvalue weighted by molar-refractivity contribution is 0.388. The summed E-state index contributed by atoms with van der Waals surface area (Å²) in [5.74, 6) is -0.0858. The minimum Gasteiger partial charge on any atom is -0.357 e. The second-order valence-electron chi connectivity index (χ2n) is 5.17. The first-order valence-corrected chi connectivity index (χ1v) is 8.39. The fourth-order valence-corrected chi connectivity index (χ4v) is 4.28. The summed E-state index contributed by atoms with van der Waals surface area (Å²) in [6.07, 6.45) is 1.24. The number of hydrogen-bond acceptors (Lipinski definition) is 2. The summed E-state index contributed by atoms with van der Waals surface area (Å²) in [6, 6.07) is 4.63. The quantitative estimate of drug-likeness (QED) is 0.945. The van der Waals surface area contributed by atoms with Crippen molar-refractivity contribution in [3.63, 3.8) is 0 Å². The van der Waals surface area contributed by atoms with Crippen molar-refractivity contribution in [1.29, 1.82) is 0 Å². The number of halogens is 1. The Morgan fingerprint density at radius 3 is 2.95 bits per heavy atom. The molecule has 0 fully saturated rings. The van der Waals surface area contributed by atoms with Gasteiger partial charge in [-0.25, -0.2) is 12.8 Å². The van der Waals surface area contributed by atoms with E-state index in [1.807, 2.05) is 6.92 Å². The number of H-pyrrole nitrogens is 1. The molecule has 1 aliphatic heterocycles. The highest BCUT2D eigenvalue weighted by molar-refractivity contribution is 7.89. The molecule has 2 heterocycles. The minimum atomic E-state index is -3.18. The van der Waals surface area contributed by atoms with Gasteiger partial charge in [-0.3, -0.25) is 0 Å². The molecule has 1 aromatic carbocycles. The number of nitrogens with one attached hydrogen (secondary N) is 1. The number of benzene rings is 1. The Bertz CT molecular complexity index is 752. The highest BCUT2D eigenvalue weighted by Gasteiger charge is 2.28. The van der Waals surface area contributed by atoms with Gasteiger partial charge in [0.1, 0.15) is 5.82 Å². The van der Waals surface area contributed by atoms with Crippen molar-refractivity contribution in [2.24, 2.45) is 0 Å². The van der Waals surface area contributed by atoms with Gasteiger partial charge in [-0.05, 0) is 36.6 Å². The molecule has 4 nitrogen and oxygen atoms in total. The Balaban J connectivity index is 1.98. The molecule has 6 heteroatoms. The van der Waals surface area contributed by atoms with Crippen LogP contribution in [0.15, 0.2) is 18.2 Å². The molecule has 0 saturated carbocycles. The molecular formula is C14H17FN2O2S. The Labute approximate surface area is 117 Å². The van der Waals surface area contributed by atoms with Crippen molar-refractivity contribution in [3.8, 4) is 0 Å². The molecule has 108 valence electrons. The van der Waals surface area contributed by atoms with E-state index in [1.165, 1.54) is 16.4 Å². The number of fused-ring (bicyclic) bond motifs is 3. The lowest BCUT2D eigenvalue weighted by Crippen LogP contribution is -2.37. The third-order valence-corrected chi connectivity index (χ3v) is 5.78. The third-order valence-electron chi connectivity index (χ3n) is 3.76. The summed E-state index contributed by atoms with van der Waals surface area (Å²) in [4.78, 5) is 3.21. The maximum Gasteiger partial charge on any atom is 0.214 e. The van der Waals surface area contributed by atoms with E-state index < -0.39 is 10.0 Å². The molecule has 0 radical (unpaired) electrons. The van der Waals surface area contributed by atoms with Crippen LogP contribution in [0, 0.1) is 5.82 Å². The van der Waals surface area contributed by atoms with Gasteiger partial charge in [0, 0.05) is 23.1 Å². The van der Waals surface area contributed by atoms with Gasteiger partial charge in [-0.15, -0.1) is 0 Å². The maximum atomic E-state index is 13.3. The fraction of sp³-hybridized carbons (Fsp3) is 0.429. The topological polar surface area (TPSA) is 53.2 Å². The monoisotopic (exact) mass is 296 g/mol. The van der Waals surface area contributed by atoms with Gasteiger partial charge in [0.05, 0.1) is 12.3 Å². The first kappa shape index (κ1) is 13.6. The molecule has 1 aromatic heterocycles. The number of aromatic nitrogens is 1. The zero-order valence-corrected chi connectivity index (χ0v) is 12.1. The molecule has 0 atom stereocenters. The van der Waals surface area contributed by atoms with Crippen LogP contribution in [0.4, 0.5) is 4.39 Å². The Morgan fingerprint density at radius 1 is 1.40 bits per heavy atom. The number of aromatic amines is 1. The van der Waals surface area contributed by atoms with E-state index in [0.29, 0.717) is 25.9 Å². The molecule has 1 aliphatic rings. The largest absolute Gasteiger partial charge is 0.357 e. The van der Waals surface area contributed by atoms with Crippen LogP contribution in [0.3, 0.4) is 0 Å². The first-order chi connectivity index (χ1) is 9.51. The predicted molar refractivity (Wildman–Crippen MR) is 76.4 cm³/mol. The molecule has 0 unspecified atom stereocenters. The maximum absolute atomic E-state index is 13.3. The highest BCUT2D eigenvalue weighted by Crippen LogP contribution is 2.29. The molecule has 0 amide bonds. The van der Waals surface area contributed by atoms with Gasteiger partial charge in [-0.2, -0.15) is 4.31 Å². The fourth-order valence-electron chi connectivity index (χ4n) is 2.81. The number of hydrogen-bond donors (Lipinski definition) is 1. The van der Waals surface area contributed by atoms with Crippen LogP contribution < -0.4 is 0 Å². The van der Waals surface area contributed by atoms with Gasteiger partial charge < -0.3 is 4.98 Å². The van der Waals surface area contributed by atoms with Crippen molar-refractivity contribution in [2.75, 3.05) is 12.3 Å². The Morgan fingerprint density at radius 2 is 2.20 bits per heavy atom. The summed E-state index contributed by atoms with van der Waals surface area (Å²) in [7, 11) is -3.18. The SMILES string of the molecule is CCCS(=O)(=O)N1CCc2c([nH]c3ccc(F)cc23)C1. The number of nitrogens with zero attached hydrogens (tertiary/aromatic N) is 1. The number of sulfonamides is 1. The first-order valence-electron chi connectivity index (χ1n) is 6.78. The summed E-state index contributed by atoms with van der Waals surface area (Å²) < 4.78 is 39.1. The van der Waals surface area contributed by atoms with Crippen LogP contribution in [-0.2, 0) is 23.0 Å². The standard InChI is InChI=1S/C14H17FN2O2S/c1-2-7-20(18,19)17-6-5-11-12-8-10(15)3-4-13(12)16-14(11)9-17/h3-4,8,16H,2,5-7,9H2,1H3. The van der Waals surface area contributed by atoms with E-state index >= 15 is 0 Å². The average Bonchev–Trinajstić information content (AvgIpc) is 2.75. The molecule has 0 bridgehead atoms. The van der Waals surface area contributed by atoms with Crippen LogP contribution >= 0.6 is 0 Å². The average molecular weight is 296 g/mol. The lowest BCUT2D eigenvalue weighted by Gasteiger charge is -2.26. The van der Waals surface area contributed by atoms with Crippen LogP contribution in [0.5, 0.6) is 0 Å². The Hall–Kier alpha value is -1.40. The van der Waals surface area contributed by atoms with Crippen molar-refractivity contribution >= 4 is 20.9 Å². The smallest absolute Gasteiger partial charge is 0.214 e. The van der Waals surface area contributed by atoms with E-state index in [1.54, 1.807) is 6.07 Å². The zero-order chi connectivity index (χ0) is 14.3. The van der Waals surface area contributed by atoms with Crippen molar-refractivity contribution in [1.82, 2.24) is 9.29 Å². The van der Waals surface area contributed by atoms with Crippen molar-refractivity contribution < 1.29 is 12.8 Å². The van der Waals surface area contributed by atoms with Crippen molar-refractivity contribution in [3.05, 3.63) is 35.3 Å². The lowest BCUT2D eigenvalue weighted by atomic mass is 10.0. The minimum absolute atomic E-state index is 0.178. The van der Waals surface area contributed by atoms with Gasteiger partial charge in [0.25, 0.3) is 0 Å². The Kier molecular flexibility index (Phi) is 3.30. The van der Waals surface area contributed by atoms with E-state index in [-0.39, 0.29) is 11.6 Å². The summed E-state index contributed by atoms with van der Waals surface area (Å²) in [5.41, 5.74) is 2.80. The van der Waals surface area contributed by atoms with Crippen LogP contribution in [-0.4, -0.2) is 30.0 Å². The van der Waals surface area contributed by atoms with Crippen molar-refractivity contribution in [2.45, 2.75) is 26.3 Å². The molecule has 0 aliphatic carbocycles. The molecule has 20 heavy (non-hydrogen) atoms. The normalized spacial score (nSPS) is 16.5. The second-order valence-corrected chi connectivity index (χ2v) is 7.26. The van der Waals surface area contributed by atoms with Crippen LogP contribution in [0.25, 0.3) is 10.9 Å². The highest BCUT2D eigenvalue weighted by atomic mass is 32.2. The molecule has 0 saturated heterocycles. The van der Waals surface area contributed by atoms with Gasteiger partial charge in [0.15, 0.2) is 0 Å². The van der Waals surface area contributed by atoms with Gasteiger partial charge >= 0.3 is 0 Å². The molecular weight excluding hydrogens is 279 g/mol. The van der Waals surface area contributed by atoms with Crippen LogP contribution in [0.1, 0.15) is 24.6 Å². The van der Waals surface area contributed by atoms with E-state index in [2.05, 4.69) is 4.98 Å². The number of rotatable bonds is 3.